The summed E-state index contributed by atoms with van der Waals surface area (Å²) in [5.41, 5.74) is 3.06. The number of nitrogens with zero attached hydrogens (tertiary/aromatic N) is 2. The van der Waals surface area contributed by atoms with Gasteiger partial charge in [0.15, 0.2) is 0 Å². The Morgan fingerprint density at radius 3 is 2.50 bits per heavy atom. The summed E-state index contributed by atoms with van der Waals surface area (Å²) in [6.07, 6.45) is 1.65. The normalized spacial score (nSPS) is 16.3. The fraction of sp³-hybridized carbons (Fsp3) is 0.333. The van der Waals surface area contributed by atoms with E-state index in [9.17, 15) is 9.59 Å². The molecule has 0 bridgehead atoms. The molecule has 1 saturated heterocycles. The Labute approximate surface area is 190 Å². The van der Waals surface area contributed by atoms with E-state index in [4.69, 9.17) is 0 Å². The van der Waals surface area contributed by atoms with Crippen molar-refractivity contribution in [1.29, 1.82) is 0 Å². The minimum atomic E-state index is -0.177. The van der Waals surface area contributed by atoms with Crippen molar-refractivity contribution in [3.8, 4) is 0 Å². The minimum absolute atomic E-state index is 0.00984. The molecule has 0 radical (unpaired) electrons. The van der Waals surface area contributed by atoms with Gasteiger partial charge >= 0.3 is 0 Å². The first-order chi connectivity index (χ1) is 15.5. The highest BCUT2D eigenvalue weighted by Gasteiger charge is 2.29. The Bertz CT molecular complexity index is 1100. The van der Waals surface area contributed by atoms with Crippen molar-refractivity contribution in [2.24, 2.45) is 5.92 Å². The van der Waals surface area contributed by atoms with E-state index in [1.807, 2.05) is 73.6 Å². The number of hydrogen-bond donors (Lipinski definition) is 1. The molecule has 0 aliphatic carbocycles. The molecule has 5 heteroatoms. The van der Waals surface area contributed by atoms with Gasteiger partial charge in [0.1, 0.15) is 0 Å². The molecular formula is C27H31N3O2. The second kappa shape index (κ2) is 9.96. The molecule has 4 rings (SSSR count). The number of benzene rings is 3. The van der Waals surface area contributed by atoms with Crippen LogP contribution in [0.4, 0.5) is 0 Å². The van der Waals surface area contributed by atoms with Crippen LogP contribution in [-0.4, -0.2) is 48.8 Å². The van der Waals surface area contributed by atoms with E-state index in [2.05, 4.69) is 22.3 Å². The summed E-state index contributed by atoms with van der Waals surface area (Å²) in [5.74, 6) is -0.139. The van der Waals surface area contributed by atoms with Gasteiger partial charge in [0, 0.05) is 31.7 Å². The minimum Gasteiger partial charge on any atom is -0.352 e. The predicted molar refractivity (Wildman–Crippen MR) is 128 cm³/mol. The van der Waals surface area contributed by atoms with Gasteiger partial charge in [-0.3, -0.25) is 9.59 Å². The van der Waals surface area contributed by atoms with Crippen molar-refractivity contribution >= 4 is 22.6 Å². The zero-order chi connectivity index (χ0) is 22.5. The second-order valence-corrected chi connectivity index (χ2v) is 8.84. The molecule has 1 unspecified atom stereocenters. The molecule has 3 aromatic rings. The van der Waals surface area contributed by atoms with E-state index >= 15 is 0 Å². The Balaban J connectivity index is 1.42. The summed E-state index contributed by atoms with van der Waals surface area (Å²) in [6.45, 7) is 2.50. The number of nitrogens with one attached hydrogen (secondary N) is 1. The summed E-state index contributed by atoms with van der Waals surface area (Å²) < 4.78 is 0. The number of rotatable bonds is 6. The summed E-state index contributed by atoms with van der Waals surface area (Å²) in [4.78, 5) is 30.2. The Morgan fingerprint density at radius 1 is 0.969 bits per heavy atom. The van der Waals surface area contributed by atoms with E-state index in [0.717, 1.165) is 35.7 Å². The van der Waals surface area contributed by atoms with E-state index < -0.39 is 0 Å². The quantitative estimate of drug-likeness (QED) is 0.643. The molecule has 1 aliphatic rings. The number of likely N-dealkylation sites (tertiary alicyclic amines) is 1. The van der Waals surface area contributed by atoms with Crippen LogP contribution in [0.5, 0.6) is 0 Å². The third kappa shape index (κ3) is 5.00. The zero-order valence-corrected chi connectivity index (χ0v) is 18.9. The average Bonchev–Trinajstić information content (AvgIpc) is 2.82. The highest BCUT2D eigenvalue weighted by atomic mass is 16.2. The maximum absolute atomic E-state index is 13.3. The molecule has 1 atom stereocenters. The van der Waals surface area contributed by atoms with Crippen LogP contribution in [0.3, 0.4) is 0 Å². The van der Waals surface area contributed by atoms with Crippen molar-refractivity contribution < 1.29 is 9.59 Å². The van der Waals surface area contributed by atoms with Gasteiger partial charge in [-0.1, -0.05) is 60.7 Å². The maximum atomic E-state index is 13.3. The molecule has 0 saturated carbocycles. The monoisotopic (exact) mass is 429 g/mol. The molecule has 2 amide bonds. The summed E-state index contributed by atoms with van der Waals surface area (Å²) in [7, 11) is 4.08. The first-order valence-corrected chi connectivity index (χ1v) is 11.3. The first kappa shape index (κ1) is 22.0. The largest absolute Gasteiger partial charge is 0.352 e. The fourth-order valence-electron chi connectivity index (χ4n) is 4.51. The van der Waals surface area contributed by atoms with Gasteiger partial charge in [0.05, 0.1) is 5.92 Å². The zero-order valence-electron chi connectivity index (χ0n) is 18.9. The lowest BCUT2D eigenvalue weighted by Gasteiger charge is -2.32. The molecule has 0 aromatic heterocycles. The first-order valence-electron chi connectivity index (χ1n) is 11.3. The van der Waals surface area contributed by atoms with Crippen molar-refractivity contribution in [2.45, 2.75) is 25.9 Å². The topological polar surface area (TPSA) is 52.7 Å². The van der Waals surface area contributed by atoms with Crippen LogP contribution in [-0.2, 0) is 17.9 Å². The van der Waals surface area contributed by atoms with Crippen LogP contribution in [0.25, 0.3) is 10.8 Å². The molecule has 5 nitrogen and oxygen atoms in total. The van der Waals surface area contributed by atoms with Gasteiger partial charge < -0.3 is 15.1 Å². The SMILES string of the molecule is CN(C)Cc1ccccc1CNC(=O)C1CCCN(C(=O)c2cccc3ccccc23)C1. The molecule has 32 heavy (non-hydrogen) atoms. The van der Waals surface area contributed by atoms with E-state index in [-0.39, 0.29) is 17.7 Å². The predicted octanol–water partition coefficient (Wildman–Crippen LogP) is 4.07. The number of hydrogen-bond acceptors (Lipinski definition) is 3. The number of amides is 2. The Kier molecular flexibility index (Phi) is 6.86. The third-order valence-electron chi connectivity index (χ3n) is 6.16. The lowest BCUT2D eigenvalue weighted by atomic mass is 9.95. The molecule has 1 aliphatic heterocycles. The maximum Gasteiger partial charge on any atom is 0.254 e. The van der Waals surface area contributed by atoms with Crippen LogP contribution in [0, 0.1) is 5.92 Å². The molecule has 1 heterocycles. The van der Waals surface area contributed by atoms with Crippen molar-refractivity contribution in [1.82, 2.24) is 15.1 Å². The van der Waals surface area contributed by atoms with Crippen LogP contribution in [0.1, 0.15) is 34.3 Å². The molecular weight excluding hydrogens is 398 g/mol. The van der Waals surface area contributed by atoms with Crippen molar-refractivity contribution in [3.63, 3.8) is 0 Å². The Morgan fingerprint density at radius 2 is 1.69 bits per heavy atom. The molecule has 0 spiro atoms. The van der Waals surface area contributed by atoms with Gasteiger partial charge in [-0.15, -0.1) is 0 Å². The summed E-state index contributed by atoms with van der Waals surface area (Å²) in [5, 5.41) is 5.13. The van der Waals surface area contributed by atoms with Gasteiger partial charge in [-0.2, -0.15) is 0 Å². The van der Waals surface area contributed by atoms with Crippen LogP contribution < -0.4 is 5.32 Å². The van der Waals surface area contributed by atoms with Crippen LogP contribution >= 0.6 is 0 Å². The van der Waals surface area contributed by atoms with E-state index in [0.29, 0.717) is 25.2 Å². The molecule has 166 valence electrons. The number of carbonyl (C=O) groups excluding carboxylic acids is 2. The third-order valence-corrected chi connectivity index (χ3v) is 6.16. The highest BCUT2D eigenvalue weighted by molar-refractivity contribution is 6.07. The van der Waals surface area contributed by atoms with E-state index in [1.165, 1.54) is 5.56 Å². The van der Waals surface area contributed by atoms with Gasteiger partial charge in [-0.25, -0.2) is 0 Å². The van der Waals surface area contributed by atoms with Crippen molar-refractivity contribution in [2.75, 3.05) is 27.2 Å². The smallest absolute Gasteiger partial charge is 0.254 e. The molecule has 3 aromatic carbocycles. The Hall–Kier alpha value is -3.18. The lowest BCUT2D eigenvalue weighted by Crippen LogP contribution is -2.45. The number of fused-ring (bicyclic) bond motifs is 1. The molecule has 1 fully saturated rings. The van der Waals surface area contributed by atoms with Gasteiger partial charge in [-0.05, 0) is 54.9 Å². The van der Waals surface area contributed by atoms with Crippen LogP contribution in [0.15, 0.2) is 66.7 Å². The number of carbonyl (C=O) groups is 2. The molecule has 1 N–H and O–H groups in total. The van der Waals surface area contributed by atoms with Crippen molar-refractivity contribution in [3.05, 3.63) is 83.4 Å². The van der Waals surface area contributed by atoms with Gasteiger partial charge in [0.25, 0.3) is 5.91 Å². The average molecular weight is 430 g/mol. The summed E-state index contributed by atoms with van der Waals surface area (Å²) in [6, 6.07) is 22.0. The van der Waals surface area contributed by atoms with Gasteiger partial charge in [0.2, 0.25) is 5.91 Å². The highest BCUT2D eigenvalue weighted by Crippen LogP contribution is 2.24. The number of piperidine rings is 1. The standard InChI is InChI=1S/C27H31N3O2/c1-29(2)18-22-11-4-3-10-21(22)17-28-26(31)23-13-8-16-30(19-23)27(32)25-15-7-12-20-9-5-6-14-24(20)25/h3-7,9-12,14-15,23H,8,13,16-19H2,1-2H3,(H,28,31). The second-order valence-electron chi connectivity index (χ2n) is 8.84. The van der Waals surface area contributed by atoms with Crippen LogP contribution in [0.2, 0.25) is 0 Å². The van der Waals surface area contributed by atoms with E-state index in [1.54, 1.807) is 0 Å². The summed E-state index contributed by atoms with van der Waals surface area (Å²) >= 11 is 0. The fourth-order valence-corrected chi connectivity index (χ4v) is 4.51. The lowest BCUT2D eigenvalue weighted by molar-refractivity contribution is -0.126.